The Kier molecular flexibility index (Phi) is 5.41. The molecule has 0 bridgehead atoms. The van der Waals surface area contributed by atoms with Crippen LogP contribution in [0.3, 0.4) is 0 Å². The Balaban J connectivity index is 2.06. The van der Waals surface area contributed by atoms with Crippen molar-refractivity contribution in [3.63, 3.8) is 0 Å². The van der Waals surface area contributed by atoms with E-state index < -0.39 is 0 Å². The lowest BCUT2D eigenvalue weighted by atomic mass is 9.99. The third kappa shape index (κ3) is 3.78. The third-order valence-electron chi connectivity index (χ3n) is 3.92. The summed E-state index contributed by atoms with van der Waals surface area (Å²) in [4.78, 5) is 18.6. The second-order valence-corrected chi connectivity index (χ2v) is 5.70. The molecule has 0 amide bonds. The van der Waals surface area contributed by atoms with Crippen molar-refractivity contribution in [3.05, 3.63) is 18.0 Å². The molecule has 0 saturated carbocycles. The van der Waals surface area contributed by atoms with Crippen molar-refractivity contribution in [1.29, 1.82) is 0 Å². The molecule has 7 nitrogen and oxygen atoms in total. The Morgan fingerprint density at radius 1 is 1.55 bits per heavy atom. The topological polar surface area (TPSA) is 71.8 Å². The minimum Gasteiger partial charge on any atom is -0.469 e. The minimum absolute atomic E-state index is 0.0905. The van der Waals surface area contributed by atoms with E-state index in [-0.39, 0.29) is 17.8 Å². The fraction of sp³-hybridized carbons (Fsp3) is 0.667. The Bertz CT molecular complexity index is 540. The number of carbonyl (C=O) groups excluding carboxylic acids is 1. The van der Waals surface area contributed by atoms with Gasteiger partial charge in [0, 0.05) is 38.4 Å². The number of hydrogen-bond donors (Lipinski definition) is 1. The second-order valence-electron chi connectivity index (χ2n) is 5.70. The van der Waals surface area contributed by atoms with Crippen molar-refractivity contribution >= 4 is 11.9 Å². The zero-order valence-corrected chi connectivity index (χ0v) is 13.7. The summed E-state index contributed by atoms with van der Waals surface area (Å²) in [6.07, 6.45) is 3.77. The first kappa shape index (κ1) is 16.3. The lowest BCUT2D eigenvalue weighted by molar-refractivity contribution is -0.145. The SMILES string of the molecule is CCNC(=NCc1cnn(C)c1)N1CC(C)C(C(=O)OC)C1. The van der Waals surface area contributed by atoms with Gasteiger partial charge in [0.1, 0.15) is 0 Å². The van der Waals surface area contributed by atoms with Crippen LogP contribution < -0.4 is 5.32 Å². The van der Waals surface area contributed by atoms with Crippen molar-refractivity contribution in [3.8, 4) is 0 Å². The number of ether oxygens (including phenoxy) is 1. The van der Waals surface area contributed by atoms with Crippen molar-refractivity contribution in [1.82, 2.24) is 20.0 Å². The average molecular weight is 307 g/mol. The van der Waals surface area contributed by atoms with Gasteiger partial charge in [-0.3, -0.25) is 9.48 Å². The number of aryl methyl sites for hydroxylation is 1. The van der Waals surface area contributed by atoms with Crippen molar-refractivity contribution in [2.75, 3.05) is 26.7 Å². The summed E-state index contributed by atoms with van der Waals surface area (Å²) in [6, 6.07) is 0. The van der Waals surface area contributed by atoms with E-state index in [2.05, 4.69) is 27.2 Å². The molecule has 1 N–H and O–H groups in total. The quantitative estimate of drug-likeness (QED) is 0.502. The second kappa shape index (κ2) is 7.29. The van der Waals surface area contributed by atoms with Gasteiger partial charge in [-0.25, -0.2) is 4.99 Å². The van der Waals surface area contributed by atoms with Gasteiger partial charge >= 0.3 is 5.97 Å². The number of hydrogen-bond acceptors (Lipinski definition) is 4. The number of aliphatic imine (C=N–C) groups is 1. The molecule has 1 aliphatic heterocycles. The highest BCUT2D eigenvalue weighted by molar-refractivity contribution is 5.82. The largest absolute Gasteiger partial charge is 0.469 e. The zero-order valence-electron chi connectivity index (χ0n) is 13.7. The number of guanidine groups is 1. The number of esters is 1. The van der Waals surface area contributed by atoms with Crippen molar-refractivity contribution < 1.29 is 9.53 Å². The Morgan fingerprint density at radius 3 is 2.91 bits per heavy atom. The lowest BCUT2D eigenvalue weighted by Crippen LogP contribution is -2.40. The smallest absolute Gasteiger partial charge is 0.310 e. The van der Waals surface area contributed by atoms with Crippen LogP contribution in [-0.2, 0) is 23.1 Å². The number of likely N-dealkylation sites (tertiary alicyclic amines) is 1. The van der Waals surface area contributed by atoms with Crippen molar-refractivity contribution in [2.45, 2.75) is 20.4 Å². The first-order valence-corrected chi connectivity index (χ1v) is 7.63. The number of nitrogens with zero attached hydrogens (tertiary/aromatic N) is 4. The summed E-state index contributed by atoms with van der Waals surface area (Å²) in [6.45, 7) is 6.93. The van der Waals surface area contributed by atoms with Crippen LogP contribution in [0.25, 0.3) is 0 Å². The molecule has 2 unspecified atom stereocenters. The van der Waals surface area contributed by atoms with Crippen LogP contribution in [-0.4, -0.2) is 53.4 Å². The Labute approximate surface area is 131 Å². The molecule has 1 saturated heterocycles. The lowest BCUT2D eigenvalue weighted by Gasteiger charge is -2.21. The molecule has 1 aliphatic rings. The number of rotatable bonds is 4. The minimum atomic E-state index is -0.141. The number of carbonyl (C=O) groups is 1. The van der Waals surface area contributed by atoms with Crippen LogP contribution in [0.1, 0.15) is 19.4 Å². The van der Waals surface area contributed by atoms with E-state index in [9.17, 15) is 4.79 Å². The van der Waals surface area contributed by atoms with E-state index >= 15 is 0 Å². The molecular formula is C15H25N5O2. The number of aromatic nitrogens is 2. The summed E-state index contributed by atoms with van der Waals surface area (Å²) >= 11 is 0. The van der Waals surface area contributed by atoms with Gasteiger partial charge in [-0.1, -0.05) is 6.92 Å². The third-order valence-corrected chi connectivity index (χ3v) is 3.92. The normalized spacial score (nSPS) is 22.0. The molecule has 2 heterocycles. The molecule has 1 fully saturated rings. The molecule has 1 aromatic heterocycles. The average Bonchev–Trinajstić information content (AvgIpc) is 3.08. The fourth-order valence-electron chi connectivity index (χ4n) is 2.74. The van der Waals surface area contributed by atoms with Gasteiger partial charge in [0.15, 0.2) is 5.96 Å². The molecule has 0 radical (unpaired) electrons. The van der Waals surface area contributed by atoms with Crippen LogP contribution in [0.5, 0.6) is 0 Å². The van der Waals surface area contributed by atoms with Gasteiger partial charge in [-0.15, -0.1) is 0 Å². The predicted molar refractivity (Wildman–Crippen MR) is 84.3 cm³/mol. The fourth-order valence-corrected chi connectivity index (χ4v) is 2.74. The Hall–Kier alpha value is -2.05. The highest BCUT2D eigenvalue weighted by Crippen LogP contribution is 2.24. The molecule has 22 heavy (non-hydrogen) atoms. The van der Waals surface area contributed by atoms with Gasteiger partial charge < -0.3 is 15.0 Å². The summed E-state index contributed by atoms with van der Waals surface area (Å²) in [5.74, 6) is 0.865. The molecule has 2 atom stereocenters. The molecule has 0 aliphatic carbocycles. The van der Waals surface area contributed by atoms with Crippen molar-refractivity contribution in [2.24, 2.45) is 23.9 Å². The van der Waals surface area contributed by atoms with Crippen LogP contribution >= 0.6 is 0 Å². The van der Waals surface area contributed by atoms with Crippen LogP contribution in [0.15, 0.2) is 17.4 Å². The zero-order chi connectivity index (χ0) is 16.1. The molecule has 122 valence electrons. The summed E-state index contributed by atoms with van der Waals surface area (Å²) in [5.41, 5.74) is 1.06. The van der Waals surface area contributed by atoms with Gasteiger partial charge in [0.2, 0.25) is 0 Å². The van der Waals surface area contributed by atoms with E-state index in [0.29, 0.717) is 13.1 Å². The van der Waals surface area contributed by atoms with Gasteiger partial charge in [0.25, 0.3) is 0 Å². The maximum Gasteiger partial charge on any atom is 0.310 e. The van der Waals surface area contributed by atoms with E-state index in [0.717, 1.165) is 24.6 Å². The van der Waals surface area contributed by atoms with Crippen LogP contribution in [0.4, 0.5) is 0 Å². The van der Waals surface area contributed by atoms with E-state index in [1.807, 2.05) is 26.4 Å². The maximum atomic E-state index is 11.8. The monoisotopic (exact) mass is 307 g/mol. The predicted octanol–water partition coefficient (Wildman–Crippen LogP) is 0.627. The number of nitrogens with one attached hydrogen (secondary N) is 1. The van der Waals surface area contributed by atoms with E-state index in [1.54, 1.807) is 4.68 Å². The van der Waals surface area contributed by atoms with Gasteiger partial charge in [0.05, 0.1) is 25.8 Å². The highest BCUT2D eigenvalue weighted by Gasteiger charge is 2.36. The van der Waals surface area contributed by atoms with Gasteiger partial charge in [-0.05, 0) is 12.8 Å². The van der Waals surface area contributed by atoms with Crippen LogP contribution in [0, 0.1) is 11.8 Å². The summed E-state index contributed by atoms with van der Waals surface area (Å²) < 4.78 is 6.65. The number of methoxy groups -OCH3 is 1. The highest BCUT2D eigenvalue weighted by atomic mass is 16.5. The van der Waals surface area contributed by atoms with Gasteiger partial charge in [-0.2, -0.15) is 5.10 Å². The van der Waals surface area contributed by atoms with E-state index in [4.69, 9.17) is 4.74 Å². The Morgan fingerprint density at radius 2 is 2.32 bits per heavy atom. The summed E-state index contributed by atoms with van der Waals surface area (Å²) in [5, 5.41) is 7.44. The van der Waals surface area contributed by atoms with E-state index in [1.165, 1.54) is 7.11 Å². The molecule has 0 spiro atoms. The van der Waals surface area contributed by atoms with Crippen LogP contribution in [0.2, 0.25) is 0 Å². The summed E-state index contributed by atoms with van der Waals surface area (Å²) in [7, 11) is 3.33. The molecule has 2 rings (SSSR count). The molecule has 0 aromatic carbocycles. The molecule has 7 heteroatoms. The molecular weight excluding hydrogens is 282 g/mol. The first-order chi connectivity index (χ1) is 10.5. The standard InChI is InChI=1S/C15H25N5O2/c1-5-16-15(17-6-12-7-18-19(3)9-12)20-8-11(2)13(10-20)14(21)22-4/h7,9,11,13H,5-6,8,10H2,1-4H3,(H,16,17). The molecule has 1 aromatic rings. The first-order valence-electron chi connectivity index (χ1n) is 7.63. The maximum absolute atomic E-state index is 11.8.